The van der Waals surface area contributed by atoms with Crippen LogP contribution in [0.2, 0.25) is 0 Å². The van der Waals surface area contributed by atoms with Crippen LogP contribution in [0.4, 0.5) is 5.69 Å². The molecule has 1 aliphatic heterocycles. The van der Waals surface area contributed by atoms with E-state index in [1.165, 1.54) is 12.1 Å². The van der Waals surface area contributed by atoms with Crippen molar-refractivity contribution in [2.24, 2.45) is 0 Å². The number of nitro benzene ring substituents is 1. The topological polar surface area (TPSA) is 83.8 Å². The second-order valence-corrected chi connectivity index (χ2v) is 7.00. The lowest BCUT2D eigenvalue weighted by Crippen LogP contribution is -2.51. The number of amides is 2. The van der Waals surface area contributed by atoms with Crippen LogP contribution in [0.3, 0.4) is 0 Å². The molecular weight excluding hydrogens is 370 g/mol. The van der Waals surface area contributed by atoms with Crippen molar-refractivity contribution in [3.8, 4) is 0 Å². The molecule has 4 rings (SSSR count). The fourth-order valence-corrected chi connectivity index (χ4v) is 3.59. The van der Waals surface area contributed by atoms with Gasteiger partial charge in [-0.15, -0.1) is 0 Å². The summed E-state index contributed by atoms with van der Waals surface area (Å²) in [5.41, 5.74) is 1.48. The zero-order valence-electron chi connectivity index (χ0n) is 15.7. The molecule has 1 fully saturated rings. The van der Waals surface area contributed by atoms with Gasteiger partial charge in [-0.3, -0.25) is 19.7 Å². The summed E-state index contributed by atoms with van der Waals surface area (Å²) in [6.07, 6.45) is 0. The maximum Gasteiger partial charge on any atom is 0.270 e. The number of carbonyl (C=O) groups is 2. The number of piperazine rings is 1. The van der Waals surface area contributed by atoms with Crippen molar-refractivity contribution in [3.05, 3.63) is 88.0 Å². The van der Waals surface area contributed by atoms with Crippen LogP contribution in [0.1, 0.15) is 15.9 Å². The van der Waals surface area contributed by atoms with Gasteiger partial charge in [0.25, 0.3) is 11.6 Å². The van der Waals surface area contributed by atoms with Gasteiger partial charge in [0.2, 0.25) is 5.91 Å². The van der Waals surface area contributed by atoms with Crippen molar-refractivity contribution in [2.75, 3.05) is 19.6 Å². The lowest BCUT2D eigenvalue weighted by atomic mass is 10.0. The third-order valence-corrected chi connectivity index (χ3v) is 5.13. The Labute approximate surface area is 167 Å². The lowest BCUT2D eigenvalue weighted by molar-refractivity contribution is -0.384. The summed E-state index contributed by atoms with van der Waals surface area (Å²) in [4.78, 5) is 39.5. The Morgan fingerprint density at radius 2 is 1.79 bits per heavy atom. The Balaban J connectivity index is 1.52. The summed E-state index contributed by atoms with van der Waals surface area (Å²) in [6.45, 7) is 1.46. The van der Waals surface area contributed by atoms with Crippen LogP contribution in [-0.2, 0) is 11.3 Å². The van der Waals surface area contributed by atoms with E-state index in [9.17, 15) is 19.7 Å². The molecule has 0 aliphatic carbocycles. The minimum atomic E-state index is -0.460. The molecule has 0 unspecified atom stereocenters. The van der Waals surface area contributed by atoms with E-state index >= 15 is 0 Å². The predicted molar refractivity (Wildman–Crippen MR) is 108 cm³/mol. The average Bonchev–Trinajstić information content (AvgIpc) is 2.74. The molecule has 7 nitrogen and oxygen atoms in total. The maximum absolute atomic E-state index is 13.1. The van der Waals surface area contributed by atoms with Gasteiger partial charge in [0, 0.05) is 37.3 Å². The Bertz CT molecular complexity index is 1100. The second-order valence-electron chi connectivity index (χ2n) is 7.00. The Kier molecular flexibility index (Phi) is 4.95. The normalized spacial score (nSPS) is 14.3. The first kappa shape index (κ1) is 18.6. The number of benzene rings is 3. The van der Waals surface area contributed by atoms with Crippen LogP contribution in [-0.4, -0.2) is 46.2 Å². The largest absolute Gasteiger partial charge is 0.335 e. The summed E-state index contributed by atoms with van der Waals surface area (Å²) in [5, 5.41) is 12.3. The summed E-state index contributed by atoms with van der Waals surface area (Å²) >= 11 is 0. The second kappa shape index (κ2) is 7.71. The molecule has 0 saturated carbocycles. The number of hydrogen-bond acceptors (Lipinski definition) is 4. The first-order chi connectivity index (χ1) is 14.0. The van der Waals surface area contributed by atoms with Gasteiger partial charge in [0.05, 0.1) is 4.92 Å². The average molecular weight is 389 g/mol. The van der Waals surface area contributed by atoms with E-state index in [1.54, 1.807) is 34.1 Å². The monoisotopic (exact) mass is 389 g/mol. The van der Waals surface area contributed by atoms with Crippen molar-refractivity contribution in [2.45, 2.75) is 6.54 Å². The van der Waals surface area contributed by atoms with Crippen molar-refractivity contribution in [1.82, 2.24) is 9.80 Å². The molecule has 3 aromatic carbocycles. The molecule has 0 N–H and O–H groups in total. The predicted octanol–water partition coefficient (Wildman–Crippen LogP) is 3.23. The molecule has 0 atom stereocenters. The minimum Gasteiger partial charge on any atom is -0.335 e. The van der Waals surface area contributed by atoms with Gasteiger partial charge < -0.3 is 9.80 Å². The van der Waals surface area contributed by atoms with Crippen molar-refractivity contribution >= 4 is 28.3 Å². The molecule has 1 heterocycles. The Morgan fingerprint density at radius 1 is 1.00 bits per heavy atom. The van der Waals surface area contributed by atoms with Gasteiger partial charge in [0.1, 0.15) is 6.54 Å². The van der Waals surface area contributed by atoms with Crippen LogP contribution in [0.25, 0.3) is 10.8 Å². The summed E-state index contributed by atoms with van der Waals surface area (Å²) in [7, 11) is 0. The van der Waals surface area contributed by atoms with Crippen LogP contribution in [0.5, 0.6) is 0 Å². The van der Waals surface area contributed by atoms with E-state index in [1.807, 2.05) is 30.3 Å². The molecule has 2 amide bonds. The standard InChI is InChI=1S/C22H19N3O4/c26-21-15-24(12-11-23(21)14-16-5-2-1-3-6-16)22(27)20-8-4-7-17-13-18(25(28)29)9-10-19(17)20/h1-10,13H,11-12,14-15H2. The molecular formula is C22H19N3O4. The third kappa shape index (κ3) is 3.80. The van der Waals surface area contributed by atoms with Crippen LogP contribution < -0.4 is 0 Å². The SMILES string of the molecule is O=C1CN(C(=O)c2cccc3cc([N+](=O)[O-])ccc23)CCN1Cc1ccccc1. The number of nitro groups is 1. The van der Waals surface area contributed by atoms with E-state index in [2.05, 4.69) is 0 Å². The first-order valence-corrected chi connectivity index (χ1v) is 9.31. The lowest BCUT2D eigenvalue weighted by Gasteiger charge is -2.34. The third-order valence-electron chi connectivity index (χ3n) is 5.13. The Hall–Kier alpha value is -3.74. The van der Waals surface area contributed by atoms with Crippen molar-refractivity contribution < 1.29 is 14.5 Å². The van der Waals surface area contributed by atoms with E-state index in [-0.39, 0.29) is 24.0 Å². The van der Waals surface area contributed by atoms with Crippen molar-refractivity contribution in [1.29, 1.82) is 0 Å². The van der Waals surface area contributed by atoms with E-state index in [4.69, 9.17) is 0 Å². The van der Waals surface area contributed by atoms with Crippen molar-refractivity contribution in [3.63, 3.8) is 0 Å². The fourth-order valence-electron chi connectivity index (χ4n) is 3.59. The summed E-state index contributed by atoms with van der Waals surface area (Å²) in [6, 6.07) is 19.3. The number of non-ortho nitro benzene ring substituents is 1. The smallest absolute Gasteiger partial charge is 0.270 e. The fraction of sp³-hybridized carbons (Fsp3) is 0.182. The van der Waals surface area contributed by atoms with E-state index in [0.29, 0.717) is 36.0 Å². The molecule has 146 valence electrons. The van der Waals surface area contributed by atoms with Crippen LogP contribution in [0, 0.1) is 10.1 Å². The highest BCUT2D eigenvalue weighted by Gasteiger charge is 2.28. The summed E-state index contributed by atoms with van der Waals surface area (Å²) in [5.74, 6) is -0.332. The number of hydrogen-bond donors (Lipinski definition) is 0. The number of rotatable bonds is 4. The Morgan fingerprint density at radius 3 is 2.52 bits per heavy atom. The van der Waals surface area contributed by atoms with Crippen LogP contribution in [0.15, 0.2) is 66.7 Å². The van der Waals surface area contributed by atoms with Gasteiger partial charge in [0.15, 0.2) is 0 Å². The zero-order valence-corrected chi connectivity index (χ0v) is 15.7. The molecule has 29 heavy (non-hydrogen) atoms. The highest BCUT2D eigenvalue weighted by atomic mass is 16.6. The molecule has 1 aliphatic rings. The molecule has 3 aromatic rings. The first-order valence-electron chi connectivity index (χ1n) is 9.31. The number of fused-ring (bicyclic) bond motifs is 1. The van der Waals surface area contributed by atoms with E-state index in [0.717, 1.165) is 5.56 Å². The maximum atomic E-state index is 13.1. The molecule has 1 saturated heterocycles. The van der Waals surface area contributed by atoms with E-state index < -0.39 is 4.92 Å². The van der Waals surface area contributed by atoms with Gasteiger partial charge in [-0.25, -0.2) is 0 Å². The minimum absolute atomic E-state index is 0.0215. The molecule has 0 aromatic heterocycles. The quantitative estimate of drug-likeness (QED) is 0.507. The van der Waals surface area contributed by atoms with Gasteiger partial charge >= 0.3 is 0 Å². The van der Waals surface area contributed by atoms with Gasteiger partial charge in [-0.1, -0.05) is 42.5 Å². The zero-order chi connectivity index (χ0) is 20.4. The van der Waals surface area contributed by atoms with Gasteiger partial charge in [-0.05, 0) is 28.5 Å². The number of nitrogens with zero attached hydrogens (tertiary/aromatic N) is 3. The highest BCUT2D eigenvalue weighted by Crippen LogP contribution is 2.25. The van der Waals surface area contributed by atoms with Gasteiger partial charge in [-0.2, -0.15) is 0 Å². The summed E-state index contributed by atoms with van der Waals surface area (Å²) < 4.78 is 0. The molecule has 0 radical (unpaired) electrons. The van der Waals surface area contributed by atoms with Crippen LogP contribution >= 0.6 is 0 Å². The molecule has 0 spiro atoms. The highest BCUT2D eigenvalue weighted by molar-refractivity contribution is 6.08. The number of carbonyl (C=O) groups excluding carboxylic acids is 2. The molecule has 7 heteroatoms. The molecule has 0 bridgehead atoms.